The maximum absolute atomic E-state index is 13.4. The summed E-state index contributed by atoms with van der Waals surface area (Å²) in [5, 5.41) is 4.95. The van der Waals surface area contributed by atoms with E-state index in [0.29, 0.717) is 31.0 Å². The molecule has 1 N–H and O–H groups in total. The molecule has 7 heteroatoms. The first kappa shape index (κ1) is 19.4. The van der Waals surface area contributed by atoms with Crippen LogP contribution in [0, 0.1) is 0 Å². The van der Waals surface area contributed by atoms with Gasteiger partial charge in [0.15, 0.2) is 0 Å². The Morgan fingerprint density at radius 2 is 2.07 bits per heavy atom. The molecule has 150 valence electrons. The van der Waals surface area contributed by atoms with Crippen molar-refractivity contribution >= 4 is 23.2 Å². The number of fused-ring (bicyclic) bond motifs is 1. The van der Waals surface area contributed by atoms with E-state index in [1.165, 1.54) is 0 Å². The minimum absolute atomic E-state index is 0.0777. The lowest BCUT2D eigenvalue weighted by Gasteiger charge is -2.41. The van der Waals surface area contributed by atoms with Gasteiger partial charge in [-0.2, -0.15) is 0 Å². The maximum atomic E-state index is 13.4. The molecule has 2 aromatic heterocycles. The van der Waals surface area contributed by atoms with E-state index in [1.54, 1.807) is 41.7 Å². The van der Waals surface area contributed by atoms with Gasteiger partial charge in [0.2, 0.25) is 5.91 Å². The lowest BCUT2D eigenvalue weighted by atomic mass is 9.81. The van der Waals surface area contributed by atoms with Crippen molar-refractivity contribution in [2.45, 2.75) is 18.5 Å². The number of amides is 2. The van der Waals surface area contributed by atoms with Crippen molar-refractivity contribution in [3.05, 3.63) is 81.9 Å². The highest BCUT2D eigenvalue weighted by atomic mass is 32.1. The van der Waals surface area contributed by atoms with Crippen LogP contribution >= 0.6 is 11.3 Å². The number of carbonyl (C=O) groups is 2. The molecule has 3 aromatic rings. The summed E-state index contributed by atoms with van der Waals surface area (Å²) in [6.45, 7) is 1.11. The number of furan rings is 1. The Bertz CT molecular complexity index is 969. The largest absolute Gasteiger partial charge is 0.467 e. The molecule has 0 unspecified atom stereocenters. The summed E-state index contributed by atoms with van der Waals surface area (Å²) in [5.74, 6) is -0.0508. The fourth-order valence-electron chi connectivity index (χ4n) is 3.78. The SMILES string of the molecule is COCCN1C(=O)c2ccccc2[C@H](C(=O)NCc2ccco2)[C@@H]1c1cccs1. The van der Waals surface area contributed by atoms with Crippen molar-refractivity contribution in [1.29, 1.82) is 0 Å². The molecule has 0 aliphatic carbocycles. The van der Waals surface area contributed by atoms with Crippen molar-refractivity contribution in [3.8, 4) is 0 Å². The molecule has 1 aliphatic rings. The standard InChI is InChI=1S/C22H22N2O4S/c1-27-12-10-24-20(18-9-5-13-29-18)19(16-7-2-3-8-17(16)22(24)26)21(25)23-14-15-6-4-11-28-15/h2-9,11,13,19-20H,10,12,14H2,1H3,(H,23,25)/t19-,20-/m0/s1. The Hall–Kier alpha value is -2.90. The first-order valence-corrected chi connectivity index (χ1v) is 10.3. The Morgan fingerprint density at radius 3 is 2.79 bits per heavy atom. The smallest absolute Gasteiger partial charge is 0.254 e. The third kappa shape index (κ3) is 3.83. The number of hydrogen-bond acceptors (Lipinski definition) is 5. The summed E-state index contributed by atoms with van der Waals surface area (Å²) < 4.78 is 10.6. The molecule has 6 nitrogen and oxygen atoms in total. The van der Waals surface area contributed by atoms with Gasteiger partial charge in [0.1, 0.15) is 5.76 Å². The number of ether oxygens (including phenoxy) is 1. The highest BCUT2D eigenvalue weighted by Gasteiger charge is 2.44. The molecule has 0 saturated heterocycles. The second kappa shape index (κ2) is 8.63. The van der Waals surface area contributed by atoms with Crippen LogP contribution in [0.1, 0.15) is 38.5 Å². The molecular weight excluding hydrogens is 388 g/mol. The lowest BCUT2D eigenvalue weighted by molar-refractivity contribution is -0.124. The molecule has 1 aromatic carbocycles. The molecule has 1 aliphatic heterocycles. The van der Waals surface area contributed by atoms with Gasteiger partial charge in [0.05, 0.1) is 31.4 Å². The first-order valence-electron chi connectivity index (χ1n) is 9.43. The quantitative estimate of drug-likeness (QED) is 0.646. The molecule has 29 heavy (non-hydrogen) atoms. The molecule has 0 saturated carbocycles. The number of rotatable bonds is 7. The Morgan fingerprint density at radius 1 is 1.21 bits per heavy atom. The van der Waals surface area contributed by atoms with Gasteiger partial charge in [-0.3, -0.25) is 9.59 Å². The summed E-state index contributed by atoms with van der Waals surface area (Å²) in [5.41, 5.74) is 1.32. The van der Waals surface area contributed by atoms with Crippen LogP contribution in [0.25, 0.3) is 0 Å². The maximum Gasteiger partial charge on any atom is 0.254 e. The number of methoxy groups -OCH3 is 1. The second-order valence-electron chi connectivity index (χ2n) is 6.81. The third-order valence-electron chi connectivity index (χ3n) is 5.11. The number of nitrogens with one attached hydrogen (secondary N) is 1. The van der Waals surface area contributed by atoms with E-state index < -0.39 is 5.92 Å². The minimum Gasteiger partial charge on any atom is -0.467 e. The van der Waals surface area contributed by atoms with Gasteiger partial charge < -0.3 is 19.4 Å². The Labute approximate surface area is 173 Å². The number of carbonyl (C=O) groups excluding carboxylic acids is 2. The van der Waals surface area contributed by atoms with E-state index in [1.807, 2.05) is 41.8 Å². The minimum atomic E-state index is -0.519. The normalized spacial score (nSPS) is 18.5. The zero-order valence-electron chi connectivity index (χ0n) is 16.0. The molecule has 0 radical (unpaired) electrons. The van der Waals surface area contributed by atoms with Crippen LogP contribution in [-0.2, 0) is 16.1 Å². The van der Waals surface area contributed by atoms with E-state index in [0.717, 1.165) is 10.4 Å². The Balaban J connectivity index is 1.74. The summed E-state index contributed by atoms with van der Waals surface area (Å²) in [6.07, 6.45) is 1.58. The summed E-state index contributed by atoms with van der Waals surface area (Å²) in [7, 11) is 1.61. The fourth-order valence-corrected chi connectivity index (χ4v) is 4.66. The first-order chi connectivity index (χ1) is 14.2. The zero-order chi connectivity index (χ0) is 20.2. The molecule has 4 rings (SSSR count). The molecule has 2 atom stereocenters. The van der Waals surface area contributed by atoms with Crippen LogP contribution in [0.2, 0.25) is 0 Å². The summed E-state index contributed by atoms with van der Waals surface area (Å²) in [6, 6.07) is 14.5. The van der Waals surface area contributed by atoms with Crippen LogP contribution in [0.5, 0.6) is 0 Å². The molecular formula is C22H22N2O4S. The summed E-state index contributed by atoms with van der Waals surface area (Å²) >= 11 is 1.55. The number of hydrogen-bond donors (Lipinski definition) is 1. The number of nitrogens with zero attached hydrogens (tertiary/aromatic N) is 1. The molecule has 0 fully saturated rings. The van der Waals surface area contributed by atoms with E-state index in [2.05, 4.69) is 5.32 Å². The van der Waals surface area contributed by atoms with Crippen molar-refractivity contribution in [2.75, 3.05) is 20.3 Å². The average Bonchev–Trinajstić information content (AvgIpc) is 3.45. The van der Waals surface area contributed by atoms with Crippen molar-refractivity contribution in [2.24, 2.45) is 0 Å². The summed E-state index contributed by atoms with van der Waals surface area (Å²) in [4.78, 5) is 29.4. The van der Waals surface area contributed by atoms with Crippen LogP contribution in [0.15, 0.2) is 64.6 Å². The molecule has 0 spiro atoms. The van der Waals surface area contributed by atoms with E-state index >= 15 is 0 Å². The number of benzene rings is 1. The topological polar surface area (TPSA) is 71.8 Å². The third-order valence-corrected chi connectivity index (χ3v) is 6.05. The lowest BCUT2D eigenvalue weighted by Crippen LogP contribution is -2.48. The zero-order valence-corrected chi connectivity index (χ0v) is 16.9. The van der Waals surface area contributed by atoms with Crippen LogP contribution in [0.4, 0.5) is 0 Å². The Kier molecular flexibility index (Phi) is 5.78. The van der Waals surface area contributed by atoms with Crippen molar-refractivity contribution < 1.29 is 18.7 Å². The highest BCUT2D eigenvalue weighted by molar-refractivity contribution is 7.10. The van der Waals surface area contributed by atoms with Crippen molar-refractivity contribution in [1.82, 2.24) is 10.2 Å². The van der Waals surface area contributed by atoms with Crippen LogP contribution < -0.4 is 5.32 Å². The monoisotopic (exact) mass is 410 g/mol. The average molecular weight is 410 g/mol. The van der Waals surface area contributed by atoms with Gasteiger partial charge in [-0.15, -0.1) is 11.3 Å². The van der Waals surface area contributed by atoms with E-state index in [9.17, 15) is 9.59 Å². The second-order valence-corrected chi connectivity index (χ2v) is 7.79. The highest BCUT2D eigenvalue weighted by Crippen LogP contribution is 2.44. The van der Waals surface area contributed by atoms with Gasteiger partial charge in [-0.1, -0.05) is 24.3 Å². The predicted octanol–water partition coefficient (Wildman–Crippen LogP) is 3.58. The van der Waals surface area contributed by atoms with E-state index in [-0.39, 0.29) is 17.9 Å². The fraction of sp³-hybridized carbons (Fsp3) is 0.273. The van der Waals surface area contributed by atoms with Gasteiger partial charge in [0.25, 0.3) is 5.91 Å². The number of thiophene rings is 1. The van der Waals surface area contributed by atoms with Crippen LogP contribution in [-0.4, -0.2) is 37.0 Å². The molecule has 3 heterocycles. The van der Waals surface area contributed by atoms with E-state index in [4.69, 9.17) is 9.15 Å². The predicted molar refractivity (Wildman–Crippen MR) is 110 cm³/mol. The molecule has 0 bridgehead atoms. The van der Waals surface area contributed by atoms with Gasteiger partial charge >= 0.3 is 0 Å². The van der Waals surface area contributed by atoms with Gasteiger partial charge in [-0.05, 0) is 35.2 Å². The molecule has 2 amide bonds. The van der Waals surface area contributed by atoms with Gasteiger partial charge in [-0.25, -0.2) is 0 Å². The van der Waals surface area contributed by atoms with Crippen molar-refractivity contribution in [3.63, 3.8) is 0 Å². The van der Waals surface area contributed by atoms with Crippen LogP contribution in [0.3, 0.4) is 0 Å². The van der Waals surface area contributed by atoms with Gasteiger partial charge in [0, 0.05) is 24.1 Å².